The minimum absolute atomic E-state index is 0.0384. The van der Waals surface area contributed by atoms with Crippen LogP contribution in [0.5, 0.6) is 5.75 Å². The van der Waals surface area contributed by atoms with Crippen molar-refractivity contribution in [3.8, 4) is 11.8 Å². The van der Waals surface area contributed by atoms with Gasteiger partial charge in [0.1, 0.15) is 5.75 Å². The molecule has 1 aromatic carbocycles. The van der Waals surface area contributed by atoms with Gasteiger partial charge in [-0.15, -0.1) is 0 Å². The summed E-state index contributed by atoms with van der Waals surface area (Å²) in [6, 6.07) is 10.7. The van der Waals surface area contributed by atoms with Crippen molar-refractivity contribution < 1.29 is 9.53 Å². The summed E-state index contributed by atoms with van der Waals surface area (Å²) in [7, 11) is 1.79. The predicted octanol–water partition coefficient (Wildman–Crippen LogP) is 3.59. The minimum Gasteiger partial charge on any atom is -0.494 e. The molecule has 0 N–H and O–H groups in total. The summed E-state index contributed by atoms with van der Waals surface area (Å²) in [5.74, 6) is 1.33. The van der Waals surface area contributed by atoms with Crippen LogP contribution in [0, 0.1) is 22.7 Å². The fourth-order valence-corrected chi connectivity index (χ4v) is 4.73. The van der Waals surface area contributed by atoms with Gasteiger partial charge in [-0.1, -0.05) is 13.8 Å². The second-order valence-electron chi connectivity index (χ2n) is 8.67. The van der Waals surface area contributed by atoms with E-state index in [0.717, 1.165) is 25.3 Å². The molecule has 3 saturated heterocycles. The molecule has 2 amide bonds. The number of rotatable bonds is 5. The average molecular weight is 385 g/mol. The first kappa shape index (κ1) is 20.3. The number of amides is 2. The number of fused-ring (bicyclic) bond motifs is 4. The standard InChI is InChI=1S/C22H32N4O2/c1-5-28-19-9-7-18(8-10-19)26-15-17-13-22(2,3)20(26)16-25(14-17)21(27)24(4)12-6-11-23/h7-10,17,20H,5-6,12-16H2,1-4H3/t17-,20-/m1/s1. The molecule has 2 atom stereocenters. The smallest absolute Gasteiger partial charge is 0.319 e. The zero-order chi connectivity index (χ0) is 20.3. The Hall–Kier alpha value is -2.42. The number of hydrogen-bond donors (Lipinski definition) is 0. The molecule has 3 aliphatic heterocycles. The maximum absolute atomic E-state index is 13.0. The van der Waals surface area contributed by atoms with Crippen LogP contribution in [0.1, 0.15) is 33.6 Å². The Morgan fingerprint density at radius 1 is 1.29 bits per heavy atom. The number of nitrogens with zero attached hydrogens (tertiary/aromatic N) is 4. The van der Waals surface area contributed by atoms with E-state index in [-0.39, 0.29) is 17.5 Å². The number of carbonyl (C=O) groups excluding carboxylic acids is 1. The van der Waals surface area contributed by atoms with Crippen molar-refractivity contribution in [2.45, 2.75) is 39.7 Å². The minimum atomic E-state index is 0.0384. The summed E-state index contributed by atoms with van der Waals surface area (Å²) in [6.45, 7) is 10.2. The Kier molecular flexibility index (Phi) is 6.02. The molecule has 0 radical (unpaired) electrons. The van der Waals surface area contributed by atoms with Crippen molar-refractivity contribution in [2.75, 3.05) is 44.7 Å². The second kappa shape index (κ2) is 8.30. The summed E-state index contributed by atoms with van der Waals surface area (Å²) >= 11 is 0. The molecular weight excluding hydrogens is 352 g/mol. The van der Waals surface area contributed by atoms with Gasteiger partial charge in [0, 0.05) is 38.9 Å². The molecule has 3 heterocycles. The van der Waals surface area contributed by atoms with Crippen LogP contribution in [0.3, 0.4) is 0 Å². The van der Waals surface area contributed by atoms with E-state index in [1.807, 2.05) is 24.0 Å². The van der Waals surface area contributed by atoms with Crippen LogP contribution >= 0.6 is 0 Å². The Balaban J connectivity index is 1.81. The highest BCUT2D eigenvalue weighted by Gasteiger charge is 2.47. The molecule has 6 nitrogen and oxygen atoms in total. The van der Waals surface area contributed by atoms with Gasteiger partial charge in [-0.05, 0) is 48.9 Å². The monoisotopic (exact) mass is 384 g/mol. The van der Waals surface area contributed by atoms with Crippen LogP contribution in [0.4, 0.5) is 10.5 Å². The number of hydrogen-bond acceptors (Lipinski definition) is 4. The number of benzene rings is 1. The summed E-state index contributed by atoms with van der Waals surface area (Å²) in [5.41, 5.74) is 1.32. The number of urea groups is 1. The quantitative estimate of drug-likeness (QED) is 0.778. The highest BCUT2D eigenvalue weighted by atomic mass is 16.5. The van der Waals surface area contributed by atoms with Gasteiger partial charge in [0.15, 0.2) is 0 Å². The molecule has 0 unspecified atom stereocenters. The molecule has 152 valence electrons. The van der Waals surface area contributed by atoms with E-state index in [1.54, 1.807) is 11.9 Å². The van der Waals surface area contributed by atoms with Crippen molar-refractivity contribution in [3.63, 3.8) is 0 Å². The number of nitriles is 1. The van der Waals surface area contributed by atoms with E-state index >= 15 is 0 Å². The third-order valence-electron chi connectivity index (χ3n) is 6.06. The van der Waals surface area contributed by atoms with Crippen LogP contribution in [0.2, 0.25) is 0 Å². The number of piperidine rings is 1. The first-order valence-electron chi connectivity index (χ1n) is 10.2. The van der Waals surface area contributed by atoms with Crippen molar-refractivity contribution in [1.82, 2.24) is 9.80 Å². The van der Waals surface area contributed by atoms with Gasteiger partial charge < -0.3 is 19.4 Å². The molecule has 28 heavy (non-hydrogen) atoms. The zero-order valence-electron chi connectivity index (χ0n) is 17.5. The Labute approximate surface area is 168 Å². The maximum atomic E-state index is 13.0. The molecule has 0 saturated carbocycles. The Morgan fingerprint density at radius 3 is 2.64 bits per heavy atom. The molecule has 0 aromatic heterocycles. The highest BCUT2D eigenvalue weighted by molar-refractivity contribution is 5.74. The lowest BCUT2D eigenvalue weighted by molar-refractivity contribution is 0.160. The van der Waals surface area contributed by atoms with E-state index in [1.165, 1.54) is 5.69 Å². The van der Waals surface area contributed by atoms with Gasteiger partial charge in [-0.25, -0.2) is 4.79 Å². The van der Waals surface area contributed by atoms with Gasteiger partial charge in [0.2, 0.25) is 0 Å². The fraction of sp³-hybridized carbons (Fsp3) is 0.636. The normalized spacial score (nSPS) is 23.1. The topological polar surface area (TPSA) is 59.8 Å². The molecule has 3 aliphatic rings. The number of ether oxygens (including phenoxy) is 1. The van der Waals surface area contributed by atoms with E-state index in [4.69, 9.17) is 10.00 Å². The molecule has 1 aromatic rings. The van der Waals surface area contributed by atoms with Gasteiger partial charge >= 0.3 is 6.03 Å². The van der Waals surface area contributed by atoms with Crippen LogP contribution in [-0.2, 0) is 0 Å². The molecule has 0 aliphatic carbocycles. The molecular formula is C22H32N4O2. The van der Waals surface area contributed by atoms with Gasteiger partial charge in [0.05, 0.1) is 25.1 Å². The largest absolute Gasteiger partial charge is 0.494 e. The second-order valence-corrected chi connectivity index (χ2v) is 8.67. The number of carbonyl (C=O) groups is 1. The molecule has 0 spiro atoms. The van der Waals surface area contributed by atoms with Gasteiger partial charge in [-0.2, -0.15) is 5.26 Å². The van der Waals surface area contributed by atoms with Crippen molar-refractivity contribution in [2.24, 2.45) is 11.3 Å². The number of anilines is 1. The van der Waals surface area contributed by atoms with Gasteiger partial charge in [0.25, 0.3) is 0 Å². The van der Waals surface area contributed by atoms with E-state index in [0.29, 0.717) is 32.0 Å². The summed E-state index contributed by atoms with van der Waals surface area (Å²) in [6.07, 6.45) is 1.49. The Morgan fingerprint density at radius 2 is 2.00 bits per heavy atom. The summed E-state index contributed by atoms with van der Waals surface area (Å²) < 4.78 is 5.58. The molecule has 2 bridgehead atoms. The van der Waals surface area contributed by atoms with Crippen LogP contribution in [-0.4, -0.2) is 61.7 Å². The van der Waals surface area contributed by atoms with E-state index < -0.39 is 0 Å². The van der Waals surface area contributed by atoms with Crippen LogP contribution < -0.4 is 9.64 Å². The average Bonchev–Trinajstić information content (AvgIpc) is 2.93. The highest BCUT2D eigenvalue weighted by Crippen LogP contribution is 2.43. The summed E-state index contributed by atoms with van der Waals surface area (Å²) in [5, 5.41) is 8.81. The Bertz CT molecular complexity index is 725. The lowest BCUT2D eigenvalue weighted by atomic mass is 9.73. The third kappa shape index (κ3) is 4.19. The van der Waals surface area contributed by atoms with Crippen LogP contribution in [0.15, 0.2) is 24.3 Å². The summed E-state index contributed by atoms with van der Waals surface area (Å²) in [4.78, 5) is 19.1. The molecule has 6 heteroatoms. The van der Waals surface area contributed by atoms with E-state index in [2.05, 4.69) is 36.9 Å². The van der Waals surface area contributed by atoms with Crippen LogP contribution in [0.25, 0.3) is 0 Å². The van der Waals surface area contributed by atoms with Crippen molar-refractivity contribution in [3.05, 3.63) is 24.3 Å². The predicted molar refractivity (Wildman–Crippen MR) is 110 cm³/mol. The fourth-order valence-electron chi connectivity index (χ4n) is 4.73. The first-order valence-corrected chi connectivity index (χ1v) is 10.2. The molecule has 3 fully saturated rings. The lowest BCUT2D eigenvalue weighted by Crippen LogP contribution is -2.54. The van der Waals surface area contributed by atoms with Crippen molar-refractivity contribution >= 4 is 11.7 Å². The van der Waals surface area contributed by atoms with Gasteiger partial charge in [-0.3, -0.25) is 0 Å². The maximum Gasteiger partial charge on any atom is 0.319 e. The zero-order valence-corrected chi connectivity index (χ0v) is 17.5. The van der Waals surface area contributed by atoms with E-state index in [9.17, 15) is 4.79 Å². The van der Waals surface area contributed by atoms with Crippen molar-refractivity contribution in [1.29, 1.82) is 5.26 Å². The third-order valence-corrected chi connectivity index (χ3v) is 6.06. The lowest BCUT2D eigenvalue weighted by Gasteiger charge is -2.48. The molecule has 4 rings (SSSR count). The first-order chi connectivity index (χ1) is 13.4. The SMILES string of the molecule is CCOc1ccc(N2C[C@H]3CN(C(=O)N(C)CCC#N)C[C@@H]2C(C)(C)C3)cc1.